The second kappa shape index (κ2) is 10.0. The van der Waals surface area contributed by atoms with Crippen molar-refractivity contribution >= 4 is 25.6 Å². The van der Waals surface area contributed by atoms with Crippen molar-refractivity contribution in [2.45, 2.75) is 58.6 Å². The van der Waals surface area contributed by atoms with Crippen molar-refractivity contribution in [3.05, 3.63) is 59.4 Å². The van der Waals surface area contributed by atoms with E-state index in [-0.39, 0.29) is 12.1 Å². The van der Waals surface area contributed by atoms with Gasteiger partial charge in [0.2, 0.25) is 0 Å². The van der Waals surface area contributed by atoms with E-state index in [2.05, 4.69) is 0 Å². The van der Waals surface area contributed by atoms with Crippen molar-refractivity contribution in [3.8, 4) is 5.75 Å². The van der Waals surface area contributed by atoms with Gasteiger partial charge < -0.3 is 14.7 Å². The molecule has 2 aromatic carbocycles. The minimum atomic E-state index is -6.46. The Bertz CT molecular complexity index is 1680. The van der Waals surface area contributed by atoms with Crippen molar-refractivity contribution in [1.29, 1.82) is 0 Å². The number of carbonyl (C=O) groups excluding carboxylic acids is 1. The third-order valence-electron chi connectivity index (χ3n) is 8.57. The number of rotatable bonds is 4. The van der Waals surface area contributed by atoms with E-state index in [0.29, 0.717) is 6.07 Å². The fourth-order valence-corrected chi connectivity index (χ4v) is 9.93. The van der Waals surface area contributed by atoms with Crippen LogP contribution in [0.5, 0.6) is 5.75 Å². The Hall–Kier alpha value is -2.99. The van der Waals surface area contributed by atoms with Crippen LogP contribution in [-0.4, -0.2) is 81.4 Å². The Labute approximate surface area is 245 Å². The average molecular weight is 678 g/mol. The van der Waals surface area contributed by atoms with Gasteiger partial charge in [0.05, 0.1) is 22.4 Å². The standard InChI is InChI=1S/C26H23F8NO7S2/c27-16-2-4-17(5-3-16)44(40,41)23-7-10-35(21(36)22(37)8-11-43(38,39)12-9-22)20(23)14-42-19-13-15(1-6-18(19)23)24(28,25(29,30)31)26(32,33)34/h1-6,13,20,37H,7-12,14H2. The summed E-state index contributed by atoms with van der Waals surface area (Å²) in [5.41, 5.74) is -10.5. The molecule has 3 heterocycles. The number of benzene rings is 2. The third kappa shape index (κ3) is 4.66. The highest BCUT2D eigenvalue weighted by atomic mass is 32.2. The second-order valence-electron chi connectivity index (χ2n) is 11.0. The zero-order valence-corrected chi connectivity index (χ0v) is 23.9. The fraction of sp³-hybridized carbons (Fsp3) is 0.500. The van der Waals surface area contributed by atoms with E-state index in [1.807, 2.05) is 0 Å². The first-order valence-electron chi connectivity index (χ1n) is 12.9. The molecule has 44 heavy (non-hydrogen) atoms. The number of hydrogen-bond donors (Lipinski definition) is 1. The molecule has 0 bridgehead atoms. The molecule has 0 radical (unpaired) electrons. The van der Waals surface area contributed by atoms with E-state index >= 15 is 0 Å². The molecular weight excluding hydrogens is 654 g/mol. The number of alkyl halides is 7. The molecule has 18 heteroatoms. The zero-order valence-electron chi connectivity index (χ0n) is 22.3. The highest BCUT2D eigenvalue weighted by Crippen LogP contribution is 2.57. The quantitative estimate of drug-likeness (QED) is 0.388. The van der Waals surface area contributed by atoms with Gasteiger partial charge in [-0.25, -0.2) is 25.6 Å². The summed E-state index contributed by atoms with van der Waals surface area (Å²) in [6.07, 6.45) is -14.5. The molecule has 1 N–H and O–H groups in total. The molecule has 8 nitrogen and oxygen atoms in total. The van der Waals surface area contributed by atoms with Crippen LogP contribution >= 0.6 is 0 Å². The van der Waals surface area contributed by atoms with Gasteiger partial charge in [-0.2, -0.15) is 26.3 Å². The summed E-state index contributed by atoms with van der Waals surface area (Å²) in [4.78, 5) is 14.1. The number of ether oxygens (including phenoxy) is 1. The number of sulfone groups is 2. The summed E-state index contributed by atoms with van der Waals surface area (Å²) in [7, 11) is -8.35. The summed E-state index contributed by atoms with van der Waals surface area (Å²) in [5.74, 6) is -3.78. The highest BCUT2D eigenvalue weighted by Gasteiger charge is 2.74. The van der Waals surface area contributed by atoms with E-state index in [9.17, 15) is 61.9 Å². The lowest BCUT2D eigenvalue weighted by molar-refractivity contribution is -0.348. The van der Waals surface area contributed by atoms with Crippen LogP contribution in [0.4, 0.5) is 35.1 Å². The van der Waals surface area contributed by atoms with Crippen LogP contribution in [-0.2, 0) is 34.9 Å². The Morgan fingerprint density at radius 1 is 0.932 bits per heavy atom. The maximum Gasteiger partial charge on any atom is 0.435 e. The average Bonchev–Trinajstić information content (AvgIpc) is 3.34. The molecule has 2 fully saturated rings. The lowest BCUT2D eigenvalue weighted by Crippen LogP contribution is -2.60. The Morgan fingerprint density at radius 3 is 2.05 bits per heavy atom. The van der Waals surface area contributed by atoms with Gasteiger partial charge in [-0.3, -0.25) is 4.79 Å². The van der Waals surface area contributed by atoms with Crippen LogP contribution in [0.15, 0.2) is 47.4 Å². The first-order valence-corrected chi connectivity index (χ1v) is 16.3. The van der Waals surface area contributed by atoms with Crippen LogP contribution in [0.1, 0.15) is 30.4 Å². The van der Waals surface area contributed by atoms with Gasteiger partial charge in [0.25, 0.3) is 5.91 Å². The smallest absolute Gasteiger partial charge is 0.435 e. The van der Waals surface area contributed by atoms with Crippen LogP contribution in [0.2, 0.25) is 0 Å². The molecule has 2 unspecified atom stereocenters. The van der Waals surface area contributed by atoms with Crippen LogP contribution in [0.3, 0.4) is 0 Å². The lowest BCUT2D eigenvalue weighted by Gasteiger charge is -2.44. The normalized spacial score (nSPS) is 25.1. The largest absolute Gasteiger partial charge is 0.491 e. The molecule has 242 valence electrons. The number of fused-ring (bicyclic) bond motifs is 3. The number of amides is 1. The predicted molar refractivity (Wildman–Crippen MR) is 135 cm³/mol. The highest BCUT2D eigenvalue weighted by molar-refractivity contribution is 7.92. The summed E-state index contributed by atoms with van der Waals surface area (Å²) in [6.45, 7) is -1.24. The van der Waals surface area contributed by atoms with Crippen molar-refractivity contribution in [2.24, 2.45) is 0 Å². The van der Waals surface area contributed by atoms with E-state index in [4.69, 9.17) is 4.74 Å². The zero-order chi connectivity index (χ0) is 32.7. The topological polar surface area (TPSA) is 118 Å². The van der Waals surface area contributed by atoms with E-state index in [0.717, 1.165) is 29.2 Å². The minimum absolute atomic E-state index is 0.110. The van der Waals surface area contributed by atoms with E-state index in [1.165, 1.54) is 0 Å². The fourth-order valence-electron chi connectivity index (χ4n) is 6.14. The van der Waals surface area contributed by atoms with Crippen molar-refractivity contribution in [2.75, 3.05) is 24.7 Å². The first kappa shape index (κ1) is 32.4. The molecule has 0 spiro atoms. The van der Waals surface area contributed by atoms with Gasteiger partial charge in [-0.1, -0.05) is 12.1 Å². The predicted octanol–water partition coefficient (Wildman–Crippen LogP) is 3.72. The van der Waals surface area contributed by atoms with Gasteiger partial charge in [0.1, 0.15) is 28.5 Å². The molecular formula is C26H23F8NO7S2. The number of aliphatic hydroxyl groups is 1. The molecule has 0 saturated carbocycles. The minimum Gasteiger partial charge on any atom is -0.491 e. The van der Waals surface area contributed by atoms with Gasteiger partial charge in [-0.15, -0.1) is 0 Å². The summed E-state index contributed by atoms with van der Waals surface area (Å²) < 4.78 is 165. The van der Waals surface area contributed by atoms with Crippen LogP contribution < -0.4 is 4.74 Å². The molecule has 3 aliphatic heterocycles. The third-order valence-corrected chi connectivity index (χ3v) is 12.8. The van der Waals surface area contributed by atoms with Gasteiger partial charge in [0.15, 0.2) is 19.7 Å². The number of carbonyl (C=O) groups is 1. The van der Waals surface area contributed by atoms with Crippen LogP contribution in [0, 0.1) is 5.82 Å². The van der Waals surface area contributed by atoms with Crippen LogP contribution in [0.25, 0.3) is 0 Å². The molecule has 2 saturated heterocycles. The second-order valence-corrected chi connectivity index (χ2v) is 15.5. The number of likely N-dealkylation sites (tertiary alicyclic amines) is 1. The lowest BCUT2D eigenvalue weighted by atomic mass is 9.84. The monoisotopic (exact) mass is 677 g/mol. The number of halogens is 8. The van der Waals surface area contributed by atoms with E-state index < -0.39 is 132 Å². The maximum atomic E-state index is 14.9. The Kier molecular flexibility index (Phi) is 7.37. The Morgan fingerprint density at radius 2 is 1.50 bits per heavy atom. The molecule has 0 aromatic heterocycles. The molecule has 2 atom stereocenters. The van der Waals surface area contributed by atoms with E-state index in [1.54, 1.807) is 0 Å². The van der Waals surface area contributed by atoms with Gasteiger partial charge in [-0.05, 0) is 49.6 Å². The van der Waals surface area contributed by atoms with Gasteiger partial charge >= 0.3 is 18.0 Å². The molecule has 0 aliphatic carbocycles. The molecule has 2 aromatic rings. The summed E-state index contributed by atoms with van der Waals surface area (Å²) in [5, 5.41) is 11.1. The summed E-state index contributed by atoms with van der Waals surface area (Å²) in [6, 6.07) is 2.62. The first-order chi connectivity index (χ1) is 20.1. The number of hydrogen-bond acceptors (Lipinski definition) is 7. The molecule has 1 amide bonds. The number of nitrogens with zero attached hydrogens (tertiary/aromatic N) is 1. The molecule has 5 rings (SSSR count). The van der Waals surface area contributed by atoms with Crippen molar-refractivity contribution in [1.82, 2.24) is 4.90 Å². The van der Waals surface area contributed by atoms with Gasteiger partial charge in [0, 0.05) is 17.7 Å². The molecule has 3 aliphatic rings. The SMILES string of the molecule is O=C(N1CCC2(S(=O)(=O)c3ccc(F)cc3)c3ccc(C(F)(C(F)(F)F)C(F)(F)F)cc3OCC12)C1(O)CCS(=O)(=O)CC1. The van der Waals surface area contributed by atoms with Crippen molar-refractivity contribution in [3.63, 3.8) is 0 Å². The maximum absolute atomic E-state index is 14.9. The summed E-state index contributed by atoms with van der Waals surface area (Å²) >= 11 is 0. The Balaban J connectivity index is 1.67. The van der Waals surface area contributed by atoms with Crippen molar-refractivity contribution < 1.29 is 66.6 Å².